The number of hydrogen-bond acceptors (Lipinski definition) is 4. The maximum Gasteiger partial charge on any atom is 0.573 e. The number of aryl methyl sites for hydroxylation is 2. The highest BCUT2D eigenvalue weighted by Crippen LogP contribution is 2.37. The summed E-state index contributed by atoms with van der Waals surface area (Å²) in [5.74, 6) is -0.147. The molecule has 2 aromatic heterocycles. The van der Waals surface area contributed by atoms with Crippen LogP contribution in [0.2, 0.25) is 0 Å². The zero-order chi connectivity index (χ0) is 29.6. The molecule has 2 aromatic carbocycles. The van der Waals surface area contributed by atoms with Crippen LogP contribution in [0.3, 0.4) is 0 Å². The minimum Gasteiger partial charge on any atom is -0.403 e. The first-order chi connectivity index (χ1) is 19.4. The standard InChI is InChI=1S/C16H20N2O.C14H10F3N3O2/c1-10(2)6-12-7-11(3)8-13-9-14-16(19)17-4-5-18(14)15(12)13;1-7-9-4-8(6-18)5-10(22-14(15,16)17)12(9)20-3-2-19-13(21)11(7)20/h7-10H,4-6H2,1-3H3,(H,17,19);4-5H,2-3H2,1H3,(H,19,21). The molecule has 214 valence electrons. The van der Waals surface area contributed by atoms with Crippen LogP contribution in [0.1, 0.15) is 57.1 Å². The van der Waals surface area contributed by atoms with Gasteiger partial charge in [-0.3, -0.25) is 9.59 Å². The van der Waals surface area contributed by atoms with E-state index in [-0.39, 0.29) is 22.9 Å². The fourth-order valence-corrected chi connectivity index (χ4v) is 5.82. The molecule has 0 fully saturated rings. The van der Waals surface area contributed by atoms with E-state index in [1.165, 1.54) is 32.7 Å². The number of rotatable bonds is 3. The smallest absolute Gasteiger partial charge is 0.403 e. The quantitative estimate of drug-likeness (QED) is 0.350. The van der Waals surface area contributed by atoms with Gasteiger partial charge in [0.05, 0.1) is 22.7 Å². The van der Waals surface area contributed by atoms with Crippen LogP contribution in [0.4, 0.5) is 13.2 Å². The Hall–Kier alpha value is -4.46. The van der Waals surface area contributed by atoms with E-state index in [0.717, 1.165) is 31.3 Å². The summed E-state index contributed by atoms with van der Waals surface area (Å²) in [6.07, 6.45) is -3.82. The van der Waals surface area contributed by atoms with Crippen LogP contribution in [0, 0.1) is 31.1 Å². The number of nitriles is 1. The van der Waals surface area contributed by atoms with Gasteiger partial charge in [0.15, 0.2) is 5.75 Å². The molecule has 4 aromatic rings. The van der Waals surface area contributed by atoms with Gasteiger partial charge >= 0.3 is 6.36 Å². The molecule has 0 aliphatic carbocycles. The predicted molar refractivity (Wildman–Crippen MR) is 148 cm³/mol. The molecule has 2 aliphatic rings. The summed E-state index contributed by atoms with van der Waals surface area (Å²) in [6, 6.07) is 10.8. The Kier molecular flexibility index (Phi) is 7.19. The monoisotopic (exact) mass is 565 g/mol. The van der Waals surface area contributed by atoms with Gasteiger partial charge in [0.2, 0.25) is 0 Å². The predicted octanol–water partition coefficient (Wildman–Crippen LogP) is 5.36. The second-order valence-electron chi connectivity index (χ2n) is 10.8. The van der Waals surface area contributed by atoms with Gasteiger partial charge in [-0.05, 0) is 55.5 Å². The van der Waals surface area contributed by atoms with Crippen LogP contribution in [-0.2, 0) is 19.5 Å². The number of carbonyl (C=O) groups excluding carboxylic acids is 2. The molecule has 0 unspecified atom stereocenters. The van der Waals surface area contributed by atoms with Crippen molar-refractivity contribution >= 4 is 33.6 Å². The van der Waals surface area contributed by atoms with Crippen LogP contribution >= 0.6 is 0 Å². The molecule has 8 nitrogen and oxygen atoms in total. The van der Waals surface area contributed by atoms with Gasteiger partial charge in [0.25, 0.3) is 11.8 Å². The molecule has 2 N–H and O–H groups in total. The van der Waals surface area contributed by atoms with E-state index in [1.807, 2.05) is 6.07 Å². The third kappa shape index (κ3) is 5.34. The van der Waals surface area contributed by atoms with Crippen molar-refractivity contribution in [3.05, 3.63) is 64.0 Å². The number of nitrogens with zero attached hydrogens (tertiary/aromatic N) is 3. The molecule has 2 aliphatic heterocycles. The summed E-state index contributed by atoms with van der Waals surface area (Å²) in [6.45, 7) is 10.5. The first-order valence-corrected chi connectivity index (χ1v) is 13.4. The van der Waals surface area contributed by atoms with Crippen molar-refractivity contribution in [3.63, 3.8) is 0 Å². The van der Waals surface area contributed by atoms with Crippen LogP contribution in [0.5, 0.6) is 5.75 Å². The number of alkyl halides is 3. The average Bonchev–Trinajstić information content (AvgIpc) is 3.40. The molecule has 0 saturated heterocycles. The van der Waals surface area contributed by atoms with E-state index < -0.39 is 12.1 Å². The van der Waals surface area contributed by atoms with Crippen molar-refractivity contribution in [3.8, 4) is 11.8 Å². The molecular formula is C30H30F3N5O3. The summed E-state index contributed by atoms with van der Waals surface area (Å²) < 4.78 is 45.6. The Labute approximate surface area is 234 Å². The van der Waals surface area contributed by atoms with E-state index >= 15 is 0 Å². The molecule has 2 amide bonds. The van der Waals surface area contributed by atoms with E-state index in [1.54, 1.807) is 13.0 Å². The SMILES string of the molecule is Cc1c2n(c3c(OC(F)(F)F)cc(C#N)cc13)CCNC2=O.Cc1cc(CC(C)C)c2c(c1)cc1n2CCNC1=O. The highest BCUT2D eigenvalue weighted by atomic mass is 19.4. The Morgan fingerprint density at radius 2 is 1.66 bits per heavy atom. The van der Waals surface area contributed by atoms with Gasteiger partial charge in [-0.1, -0.05) is 25.5 Å². The molecule has 0 radical (unpaired) electrons. The lowest BCUT2D eigenvalue weighted by atomic mass is 9.99. The van der Waals surface area contributed by atoms with Gasteiger partial charge in [-0.25, -0.2) is 0 Å². The zero-order valence-corrected chi connectivity index (χ0v) is 23.2. The molecule has 41 heavy (non-hydrogen) atoms. The molecule has 0 atom stereocenters. The number of halogens is 3. The van der Waals surface area contributed by atoms with Gasteiger partial charge in [0.1, 0.15) is 11.4 Å². The lowest BCUT2D eigenvalue weighted by Gasteiger charge is -2.18. The Morgan fingerprint density at radius 1 is 0.976 bits per heavy atom. The van der Waals surface area contributed by atoms with Crippen molar-refractivity contribution in [1.29, 1.82) is 5.26 Å². The lowest BCUT2D eigenvalue weighted by Crippen LogP contribution is -2.35. The molecule has 4 heterocycles. The fourth-order valence-electron chi connectivity index (χ4n) is 5.82. The second-order valence-corrected chi connectivity index (χ2v) is 10.8. The first kappa shape index (κ1) is 28.1. The zero-order valence-electron chi connectivity index (χ0n) is 23.2. The molecule has 0 bridgehead atoms. The topological polar surface area (TPSA) is 101 Å². The summed E-state index contributed by atoms with van der Waals surface area (Å²) in [7, 11) is 0. The molecule has 0 saturated carbocycles. The minimum atomic E-state index is -4.88. The van der Waals surface area contributed by atoms with E-state index in [9.17, 15) is 22.8 Å². The van der Waals surface area contributed by atoms with Crippen molar-refractivity contribution in [2.24, 2.45) is 5.92 Å². The van der Waals surface area contributed by atoms with Crippen LogP contribution < -0.4 is 15.4 Å². The summed E-state index contributed by atoms with van der Waals surface area (Å²) in [4.78, 5) is 23.9. The minimum absolute atomic E-state index is 0.0400. The van der Waals surface area contributed by atoms with Gasteiger partial charge in [-0.2, -0.15) is 5.26 Å². The number of carbonyl (C=O) groups is 2. The Balaban J connectivity index is 0.000000166. The maximum atomic E-state index is 12.6. The second kappa shape index (κ2) is 10.5. The van der Waals surface area contributed by atoms with Crippen molar-refractivity contribution in [1.82, 2.24) is 19.8 Å². The average molecular weight is 566 g/mol. The number of nitrogens with one attached hydrogen (secondary N) is 2. The summed E-state index contributed by atoms with van der Waals surface area (Å²) in [5, 5.41) is 16.2. The van der Waals surface area contributed by atoms with Gasteiger partial charge in [-0.15, -0.1) is 13.2 Å². The van der Waals surface area contributed by atoms with Crippen molar-refractivity contribution in [2.45, 2.75) is 53.6 Å². The Morgan fingerprint density at radius 3 is 2.32 bits per heavy atom. The van der Waals surface area contributed by atoms with Crippen LogP contribution in [0.25, 0.3) is 21.8 Å². The van der Waals surface area contributed by atoms with Crippen LogP contribution in [-0.4, -0.2) is 40.4 Å². The number of hydrogen-bond donors (Lipinski definition) is 2. The number of aromatic nitrogens is 2. The van der Waals surface area contributed by atoms with Crippen molar-refractivity contribution < 1.29 is 27.5 Å². The van der Waals surface area contributed by atoms with E-state index in [0.29, 0.717) is 35.7 Å². The first-order valence-electron chi connectivity index (χ1n) is 13.4. The molecule has 11 heteroatoms. The highest BCUT2D eigenvalue weighted by molar-refractivity contribution is 6.04. The highest BCUT2D eigenvalue weighted by Gasteiger charge is 2.34. The fraction of sp³-hybridized carbons (Fsp3) is 0.367. The summed E-state index contributed by atoms with van der Waals surface area (Å²) >= 11 is 0. The normalized spacial score (nSPS) is 14.6. The number of benzene rings is 2. The van der Waals surface area contributed by atoms with Gasteiger partial charge < -0.3 is 24.5 Å². The maximum absolute atomic E-state index is 12.6. The third-order valence-electron chi connectivity index (χ3n) is 7.26. The van der Waals surface area contributed by atoms with Crippen molar-refractivity contribution in [2.75, 3.05) is 13.1 Å². The molecular weight excluding hydrogens is 535 g/mol. The largest absolute Gasteiger partial charge is 0.573 e. The number of fused-ring (bicyclic) bond motifs is 6. The van der Waals surface area contributed by atoms with Crippen LogP contribution in [0.15, 0.2) is 30.3 Å². The molecule has 6 rings (SSSR count). The summed E-state index contributed by atoms with van der Waals surface area (Å²) in [5.41, 5.74) is 5.73. The van der Waals surface area contributed by atoms with E-state index in [2.05, 4.69) is 52.8 Å². The Bertz CT molecular complexity index is 1740. The number of ether oxygens (including phenoxy) is 1. The lowest BCUT2D eigenvalue weighted by molar-refractivity contribution is -0.274. The third-order valence-corrected chi connectivity index (χ3v) is 7.26. The molecule has 0 spiro atoms. The number of amides is 2. The van der Waals surface area contributed by atoms with E-state index in [4.69, 9.17) is 5.26 Å². The van der Waals surface area contributed by atoms with Gasteiger partial charge in [0, 0.05) is 43.0 Å².